The number of hydrogen-bond acceptors (Lipinski definition) is 6. The van der Waals surface area contributed by atoms with Crippen LogP contribution in [0.15, 0.2) is 97.1 Å². The molecule has 0 atom stereocenters. The zero-order valence-electron chi connectivity index (χ0n) is 27.0. The quantitative estimate of drug-likeness (QED) is 0.147. The van der Waals surface area contributed by atoms with Crippen LogP contribution in [0.4, 0.5) is 43.9 Å². The summed E-state index contributed by atoms with van der Waals surface area (Å²) in [6.45, 7) is 0. The Labute approximate surface area is 301 Å². The molecule has 0 bridgehead atoms. The smallest absolute Gasteiger partial charge is 0.422 e. The number of carboxylic acids is 2. The van der Waals surface area contributed by atoms with Crippen molar-refractivity contribution in [1.82, 2.24) is 19.9 Å². The molecule has 0 aliphatic rings. The number of rotatable bonds is 8. The molecule has 2 aromatic carbocycles. The molecule has 6 rings (SSSR count). The lowest BCUT2D eigenvalue weighted by Crippen LogP contribution is -2.36. The second-order valence-electron chi connectivity index (χ2n) is 11.6. The van der Waals surface area contributed by atoms with Gasteiger partial charge in [-0.05, 0) is 72.8 Å². The van der Waals surface area contributed by atoms with Crippen molar-refractivity contribution in [2.45, 2.75) is 17.8 Å². The van der Waals surface area contributed by atoms with E-state index in [0.717, 1.165) is 48.5 Å². The van der Waals surface area contributed by atoms with Gasteiger partial charge in [0.1, 0.15) is 51.2 Å². The number of carboxylic acid groups (broad SMARTS) is 2. The van der Waals surface area contributed by atoms with Crippen molar-refractivity contribution in [2.24, 2.45) is 0 Å². The van der Waals surface area contributed by atoms with Gasteiger partial charge in [-0.2, -0.15) is 26.3 Å². The highest BCUT2D eigenvalue weighted by Gasteiger charge is 2.46. The highest BCUT2D eigenvalue weighted by Crippen LogP contribution is 2.45. The largest absolute Gasteiger partial charge is 0.477 e. The monoisotopic (exact) mass is 772 g/mol. The fourth-order valence-corrected chi connectivity index (χ4v) is 5.92. The van der Waals surface area contributed by atoms with Crippen molar-refractivity contribution in [3.63, 3.8) is 0 Å². The third-order valence-corrected chi connectivity index (χ3v) is 8.27. The van der Waals surface area contributed by atoms with Gasteiger partial charge in [0.05, 0.1) is 34.2 Å². The summed E-state index contributed by atoms with van der Waals surface area (Å²) in [7, 11) is 0. The van der Waals surface area contributed by atoms with Crippen molar-refractivity contribution in [3.8, 4) is 22.5 Å². The number of aromatic carboxylic acids is 2. The van der Waals surface area contributed by atoms with E-state index in [9.17, 15) is 54.9 Å². The Morgan fingerprint density at radius 3 is 1.11 bits per heavy atom. The maximum absolute atomic E-state index is 15.5. The van der Waals surface area contributed by atoms with Gasteiger partial charge in [0.25, 0.3) is 0 Å². The fourth-order valence-electron chi connectivity index (χ4n) is 5.92. The predicted molar refractivity (Wildman–Crippen MR) is 171 cm³/mol. The van der Waals surface area contributed by atoms with Gasteiger partial charge >= 0.3 is 24.3 Å². The van der Waals surface area contributed by atoms with Gasteiger partial charge in [0.2, 0.25) is 0 Å². The van der Waals surface area contributed by atoms with E-state index in [1.165, 1.54) is 24.3 Å². The number of halogens is 10. The van der Waals surface area contributed by atoms with Crippen LogP contribution in [-0.2, 0) is 17.8 Å². The Bertz CT molecular complexity index is 2330. The van der Waals surface area contributed by atoms with E-state index >= 15 is 8.78 Å². The minimum atomic E-state index is -5.50. The molecule has 280 valence electrons. The zero-order chi connectivity index (χ0) is 40.0. The van der Waals surface area contributed by atoms with Gasteiger partial charge in [-0.1, -0.05) is 24.3 Å². The minimum Gasteiger partial charge on any atom is -0.477 e. The Morgan fingerprint density at radius 2 is 0.782 bits per heavy atom. The van der Waals surface area contributed by atoms with Gasteiger partial charge in [-0.3, -0.25) is 9.97 Å². The molecule has 0 aliphatic heterocycles. The molecule has 6 aromatic rings. The molecule has 0 aliphatic carbocycles. The van der Waals surface area contributed by atoms with Crippen LogP contribution >= 0.6 is 0 Å². The number of hydrogen-bond donors (Lipinski definition) is 2. The maximum atomic E-state index is 15.5. The van der Waals surface area contributed by atoms with Gasteiger partial charge in [0, 0.05) is 11.1 Å². The summed E-state index contributed by atoms with van der Waals surface area (Å²) in [6.07, 6.45) is -11.0. The third-order valence-electron chi connectivity index (χ3n) is 8.27. The number of carbonyl (C=O) groups is 2. The third kappa shape index (κ3) is 6.81. The van der Waals surface area contributed by atoms with Gasteiger partial charge < -0.3 is 10.2 Å². The van der Waals surface area contributed by atoms with Crippen LogP contribution in [0.5, 0.6) is 0 Å². The molecule has 0 unspecified atom stereocenters. The summed E-state index contributed by atoms with van der Waals surface area (Å²) in [4.78, 5) is 41.4. The average Bonchev–Trinajstić information content (AvgIpc) is 3.11. The molecular formula is C37H18F10N4O4. The van der Waals surface area contributed by atoms with Crippen LogP contribution < -0.4 is 0 Å². The minimum absolute atomic E-state index is 0.343. The summed E-state index contributed by atoms with van der Waals surface area (Å²) in [5.74, 6) is -11.2. The standard InChI is InChI=1S/C37H18F10N4O4/c38-19-15-13-17(31(40)29(19)36(42,43)44)21-5-1-9-25(48-21)35(27-11-3-7-23(50-27)33(52)53,28-12-4-8-24(51-28)34(54)55)26-10-2-6-22(49-26)18-14-16-20(39)30(32(18)41)37(45,46)47/h1-16H,(H,52,53)(H,54,55). The van der Waals surface area contributed by atoms with Crippen molar-refractivity contribution in [1.29, 1.82) is 0 Å². The first-order valence-electron chi connectivity index (χ1n) is 15.3. The topological polar surface area (TPSA) is 126 Å². The first-order chi connectivity index (χ1) is 25.8. The van der Waals surface area contributed by atoms with Crippen LogP contribution in [0, 0.1) is 23.3 Å². The van der Waals surface area contributed by atoms with E-state index in [4.69, 9.17) is 0 Å². The van der Waals surface area contributed by atoms with Crippen LogP contribution in [0.2, 0.25) is 0 Å². The SMILES string of the molecule is O=C(O)c1cccc(C(c2cccc(C(=O)O)n2)(c2cccc(-c3ccc(F)c(C(F)(F)F)c3F)n2)c2cccc(-c3ccc(F)c(C(F)(F)F)c3F)n2)n1. The average molecular weight is 773 g/mol. The maximum Gasteiger partial charge on any atom is 0.422 e. The van der Waals surface area contributed by atoms with Gasteiger partial charge in [-0.15, -0.1) is 0 Å². The lowest BCUT2D eigenvalue weighted by atomic mass is 9.73. The Hall–Kier alpha value is -6.72. The van der Waals surface area contributed by atoms with Crippen LogP contribution in [0.25, 0.3) is 22.5 Å². The second kappa shape index (κ2) is 13.9. The van der Waals surface area contributed by atoms with E-state index in [-0.39, 0.29) is 11.4 Å². The summed E-state index contributed by atoms with van der Waals surface area (Å²) in [5.41, 5.74) is -12.7. The van der Waals surface area contributed by atoms with Gasteiger partial charge in [0.15, 0.2) is 0 Å². The number of aromatic nitrogens is 4. The summed E-state index contributed by atoms with van der Waals surface area (Å²) in [6, 6.07) is 15.5. The molecule has 0 amide bonds. The van der Waals surface area contributed by atoms with Crippen molar-refractivity contribution in [3.05, 3.63) is 166 Å². The Balaban J connectivity index is 1.76. The summed E-state index contributed by atoms with van der Waals surface area (Å²) < 4.78 is 142. The molecular weight excluding hydrogens is 754 g/mol. The molecule has 18 heteroatoms. The van der Waals surface area contributed by atoms with E-state index in [0.29, 0.717) is 24.3 Å². The molecule has 55 heavy (non-hydrogen) atoms. The van der Waals surface area contributed by atoms with E-state index < -0.39 is 109 Å². The molecule has 0 fully saturated rings. The Kier molecular flexibility index (Phi) is 9.63. The molecule has 0 spiro atoms. The van der Waals surface area contributed by atoms with Crippen LogP contribution in [-0.4, -0.2) is 42.1 Å². The second-order valence-corrected chi connectivity index (χ2v) is 11.6. The molecule has 4 aromatic heterocycles. The first-order valence-corrected chi connectivity index (χ1v) is 15.3. The number of alkyl halides is 6. The summed E-state index contributed by atoms with van der Waals surface area (Å²) >= 11 is 0. The highest BCUT2D eigenvalue weighted by atomic mass is 19.4. The van der Waals surface area contributed by atoms with Crippen molar-refractivity contribution >= 4 is 11.9 Å². The van der Waals surface area contributed by atoms with Gasteiger partial charge in [-0.25, -0.2) is 37.1 Å². The van der Waals surface area contributed by atoms with E-state index in [1.807, 2.05) is 0 Å². The summed E-state index contributed by atoms with van der Waals surface area (Å²) in [5, 5.41) is 19.7. The van der Waals surface area contributed by atoms with E-state index in [1.54, 1.807) is 0 Å². The number of nitrogens with zero attached hydrogens (tertiary/aromatic N) is 4. The lowest BCUT2D eigenvalue weighted by molar-refractivity contribution is -0.143. The normalized spacial score (nSPS) is 12.1. The molecule has 0 saturated heterocycles. The fraction of sp³-hybridized carbons (Fsp3) is 0.0811. The van der Waals surface area contributed by atoms with Crippen molar-refractivity contribution in [2.75, 3.05) is 0 Å². The van der Waals surface area contributed by atoms with Crippen LogP contribution in [0.3, 0.4) is 0 Å². The molecule has 8 nitrogen and oxygen atoms in total. The predicted octanol–water partition coefficient (Wildman–Crippen LogP) is 8.97. The molecule has 0 radical (unpaired) electrons. The Morgan fingerprint density at radius 1 is 0.455 bits per heavy atom. The first kappa shape index (κ1) is 38.0. The lowest BCUT2D eigenvalue weighted by Gasteiger charge is -2.33. The van der Waals surface area contributed by atoms with E-state index in [2.05, 4.69) is 19.9 Å². The van der Waals surface area contributed by atoms with Crippen LogP contribution in [0.1, 0.15) is 54.9 Å². The number of benzene rings is 2. The van der Waals surface area contributed by atoms with Crippen molar-refractivity contribution < 1.29 is 63.7 Å². The molecule has 0 saturated carbocycles. The molecule has 2 N–H and O–H groups in total. The highest BCUT2D eigenvalue weighted by molar-refractivity contribution is 5.86. The number of pyridine rings is 4. The molecule has 4 heterocycles. The zero-order valence-corrected chi connectivity index (χ0v) is 27.0.